The standard InChI is InChI=1S/C25H30O5/c1-26-21-13-11-17(14-23(21)28-3)10-12-18-8-6-7-9-19(18)20-15-24(29-4)25(30-5)16-22(20)27-2/h7,9-16,18-19H,6,8H2,1-5H3/t18-,19+/m0/s1. The first-order valence-corrected chi connectivity index (χ1v) is 10.0. The maximum Gasteiger partial charge on any atom is 0.164 e. The molecule has 0 radical (unpaired) electrons. The third-order valence-electron chi connectivity index (χ3n) is 5.51. The molecule has 1 aliphatic carbocycles. The average molecular weight is 411 g/mol. The smallest absolute Gasteiger partial charge is 0.164 e. The Balaban J connectivity index is 1.93. The van der Waals surface area contributed by atoms with Gasteiger partial charge in [-0.15, -0.1) is 0 Å². The van der Waals surface area contributed by atoms with Gasteiger partial charge in [0.05, 0.1) is 35.5 Å². The van der Waals surface area contributed by atoms with Gasteiger partial charge in [0.1, 0.15) is 5.75 Å². The first-order valence-electron chi connectivity index (χ1n) is 10.0. The quantitative estimate of drug-likeness (QED) is 0.538. The monoisotopic (exact) mass is 410 g/mol. The van der Waals surface area contributed by atoms with Crippen LogP contribution in [0.1, 0.15) is 29.9 Å². The van der Waals surface area contributed by atoms with Gasteiger partial charge in [0.15, 0.2) is 23.0 Å². The molecule has 3 rings (SSSR count). The Hall–Kier alpha value is -3.08. The molecule has 160 valence electrons. The molecule has 2 aromatic carbocycles. The van der Waals surface area contributed by atoms with Crippen LogP contribution in [0.3, 0.4) is 0 Å². The molecule has 0 amide bonds. The lowest BCUT2D eigenvalue weighted by atomic mass is 9.78. The minimum absolute atomic E-state index is 0.185. The Morgan fingerprint density at radius 3 is 2.03 bits per heavy atom. The summed E-state index contributed by atoms with van der Waals surface area (Å²) in [6.07, 6.45) is 11.0. The fourth-order valence-corrected chi connectivity index (χ4v) is 3.91. The second kappa shape index (κ2) is 10.1. The van der Waals surface area contributed by atoms with Crippen molar-refractivity contribution < 1.29 is 23.7 Å². The first kappa shape index (κ1) is 21.6. The third kappa shape index (κ3) is 4.56. The van der Waals surface area contributed by atoms with Gasteiger partial charge >= 0.3 is 0 Å². The van der Waals surface area contributed by atoms with Crippen LogP contribution in [-0.4, -0.2) is 35.5 Å². The molecule has 0 aliphatic heterocycles. The molecule has 0 N–H and O–H groups in total. The number of methoxy groups -OCH3 is 5. The molecule has 0 spiro atoms. The Morgan fingerprint density at radius 2 is 1.37 bits per heavy atom. The summed E-state index contributed by atoms with van der Waals surface area (Å²) < 4.78 is 27.4. The highest BCUT2D eigenvalue weighted by molar-refractivity contribution is 5.57. The van der Waals surface area contributed by atoms with E-state index in [1.54, 1.807) is 35.5 Å². The Labute approximate surface area is 178 Å². The predicted molar refractivity (Wildman–Crippen MR) is 119 cm³/mol. The maximum absolute atomic E-state index is 5.68. The van der Waals surface area contributed by atoms with E-state index in [-0.39, 0.29) is 5.92 Å². The highest BCUT2D eigenvalue weighted by Gasteiger charge is 2.26. The van der Waals surface area contributed by atoms with Gasteiger partial charge < -0.3 is 23.7 Å². The molecule has 0 bridgehead atoms. The molecule has 0 saturated heterocycles. The van der Waals surface area contributed by atoms with Crippen LogP contribution in [0, 0.1) is 5.92 Å². The second-order valence-corrected chi connectivity index (χ2v) is 7.12. The highest BCUT2D eigenvalue weighted by Crippen LogP contribution is 2.44. The molecular formula is C25H30O5. The van der Waals surface area contributed by atoms with Gasteiger partial charge in [-0.1, -0.05) is 30.4 Å². The van der Waals surface area contributed by atoms with E-state index in [1.165, 1.54) is 0 Å². The van der Waals surface area contributed by atoms with Gasteiger partial charge in [-0.05, 0) is 42.5 Å². The van der Waals surface area contributed by atoms with Crippen LogP contribution in [0.25, 0.3) is 6.08 Å². The summed E-state index contributed by atoms with van der Waals surface area (Å²) in [6, 6.07) is 9.86. The van der Waals surface area contributed by atoms with Crippen molar-refractivity contribution in [2.75, 3.05) is 35.5 Å². The van der Waals surface area contributed by atoms with Crippen molar-refractivity contribution in [3.05, 3.63) is 59.7 Å². The zero-order chi connectivity index (χ0) is 21.5. The van der Waals surface area contributed by atoms with Gasteiger partial charge in [-0.25, -0.2) is 0 Å². The SMILES string of the molecule is COc1ccc(C=C[C@@H]2CCC=C[C@H]2c2cc(OC)c(OC)cc2OC)cc1OC. The van der Waals surface area contributed by atoms with Crippen molar-refractivity contribution in [1.29, 1.82) is 0 Å². The predicted octanol–water partition coefficient (Wildman–Crippen LogP) is 5.49. The highest BCUT2D eigenvalue weighted by atomic mass is 16.5. The van der Waals surface area contributed by atoms with Gasteiger partial charge in [0.25, 0.3) is 0 Å². The van der Waals surface area contributed by atoms with E-state index in [1.807, 2.05) is 30.3 Å². The van der Waals surface area contributed by atoms with Crippen molar-refractivity contribution in [3.8, 4) is 28.7 Å². The van der Waals surface area contributed by atoms with E-state index in [2.05, 4.69) is 24.3 Å². The summed E-state index contributed by atoms with van der Waals surface area (Å²) >= 11 is 0. The van der Waals surface area contributed by atoms with Crippen molar-refractivity contribution in [2.24, 2.45) is 5.92 Å². The van der Waals surface area contributed by atoms with Crippen molar-refractivity contribution >= 4 is 6.08 Å². The van der Waals surface area contributed by atoms with Gasteiger partial charge in [-0.2, -0.15) is 0 Å². The molecule has 0 unspecified atom stereocenters. The topological polar surface area (TPSA) is 46.2 Å². The fraction of sp³-hybridized carbons (Fsp3) is 0.360. The van der Waals surface area contributed by atoms with E-state index in [0.29, 0.717) is 17.4 Å². The Morgan fingerprint density at radius 1 is 0.733 bits per heavy atom. The summed E-state index contributed by atoms with van der Waals surface area (Å²) in [4.78, 5) is 0. The molecule has 0 saturated carbocycles. The largest absolute Gasteiger partial charge is 0.496 e. The summed E-state index contributed by atoms with van der Waals surface area (Å²) in [5.74, 6) is 4.13. The minimum Gasteiger partial charge on any atom is -0.496 e. The van der Waals surface area contributed by atoms with Crippen LogP contribution >= 0.6 is 0 Å². The number of hydrogen-bond acceptors (Lipinski definition) is 5. The summed E-state index contributed by atoms with van der Waals surface area (Å²) in [5, 5.41) is 0. The molecule has 0 aromatic heterocycles. The van der Waals surface area contributed by atoms with E-state index < -0.39 is 0 Å². The van der Waals surface area contributed by atoms with E-state index in [9.17, 15) is 0 Å². The lowest BCUT2D eigenvalue weighted by molar-refractivity contribution is 0.345. The molecule has 2 atom stereocenters. The molecule has 5 nitrogen and oxygen atoms in total. The molecule has 0 fully saturated rings. The number of benzene rings is 2. The number of rotatable bonds is 8. The van der Waals surface area contributed by atoms with E-state index >= 15 is 0 Å². The van der Waals surface area contributed by atoms with Gasteiger partial charge in [-0.3, -0.25) is 0 Å². The van der Waals surface area contributed by atoms with Crippen molar-refractivity contribution in [3.63, 3.8) is 0 Å². The van der Waals surface area contributed by atoms with Crippen molar-refractivity contribution in [1.82, 2.24) is 0 Å². The average Bonchev–Trinajstić information content (AvgIpc) is 2.81. The molecule has 5 heteroatoms. The second-order valence-electron chi connectivity index (χ2n) is 7.12. The lowest BCUT2D eigenvalue weighted by Crippen LogP contribution is -2.13. The number of hydrogen-bond donors (Lipinski definition) is 0. The first-order chi connectivity index (χ1) is 14.6. The zero-order valence-electron chi connectivity index (χ0n) is 18.3. The van der Waals surface area contributed by atoms with Gasteiger partial charge in [0.2, 0.25) is 0 Å². The van der Waals surface area contributed by atoms with Crippen LogP contribution in [0.4, 0.5) is 0 Å². The van der Waals surface area contributed by atoms with Crippen LogP contribution in [0.5, 0.6) is 28.7 Å². The number of ether oxygens (including phenoxy) is 5. The van der Waals surface area contributed by atoms with Crippen LogP contribution in [0.2, 0.25) is 0 Å². The molecular weight excluding hydrogens is 380 g/mol. The third-order valence-corrected chi connectivity index (χ3v) is 5.51. The van der Waals surface area contributed by atoms with Crippen molar-refractivity contribution in [2.45, 2.75) is 18.8 Å². The molecule has 0 heterocycles. The molecule has 2 aromatic rings. The Bertz CT molecular complexity index is 916. The summed E-state index contributed by atoms with van der Waals surface area (Å²) in [6.45, 7) is 0. The summed E-state index contributed by atoms with van der Waals surface area (Å²) in [7, 11) is 8.26. The minimum atomic E-state index is 0.185. The fourth-order valence-electron chi connectivity index (χ4n) is 3.91. The summed E-state index contributed by atoms with van der Waals surface area (Å²) in [5.41, 5.74) is 2.16. The molecule has 1 aliphatic rings. The Kier molecular flexibility index (Phi) is 7.28. The maximum atomic E-state index is 5.68. The number of allylic oxidation sites excluding steroid dienone is 3. The van der Waals surface area contributed by atoms with E-state index in [4.69, 9.17) is 23.7 Å². The van der Waals surface area contributed by atoms with Crippen LogP contribution in [0.15, 0.2) is 48.6 Å². The zero-order valence-corrected chi connectivity index (χ0v) is 18.3. The van der Waals surface area contributed by atoms with Gasteiger partial charge in [0, 0.05) is 17.5 Å². The molecule has 30 heavy (non-hydrogen) atoms. The van der Waals surface area contributed by atoms with Crippen LogP contribution in [-0.2, 0) is 0 Å². The normalized spacial score (nSPS) is 18.3. The van der Waals surface area contributed by atoms with Crippen LogP contribution < -0.4 is 23.7 Å². The van der Waals surface area contributed by atoms with E-state index in [0.717, 1.165) is 41.2 Å². The lowest BCUT2D eigenvalue weighted by Gasteiger charge is -2.27.